The van der Waals surface area contributed by atoms with Crippen molar-refractivity contribution in [2.45, 2.75) is 13.5 Å². The Morgan fingerprint density at radius 2 is 1.77 bits per heavy atom. The van der Waals surface area contributed by atoms with Gasteiger partial charge in [0.25, 0.3) is 5.91 Å². The van der Waals surface area contributed by atoms with E-state index < -0.39 is 5.91 Å². The third-order valence-corrected chi connectivity index (χ3v) is 7.99. The Bertz CT molecular complexity index is 1740. The van der Waals surface area contributed by atoms with Gasteiger partial charge in [-0.05, 0) is 68.5 Å². The number of nitrogens with zero attached hydrogens (tertiary/aromatic N) is 2. The van der Waals surface area contributed by atoms with Gasteiger partial charge >= 0.3 is 0 Å². The Kier molecular flexibility index (Phi) is 7.28. The Morgan fingerprint density at radius 3 is 2.60 bits per heavy atom. The molecule has 0 spiro atoms. The molecule has 6 rings (SSSR count). The Labute approximate surface area is 244 Å². The number of carbonyl (C=O) groups excluding carboxylic acids is 1. The fourth-order valence-electron chi connectivity index (χ4n) is 4.72. The molecular weight excluding hydrogens is 586 g/mol. The van der Waals surface area contributed by atoms with Crippen molar-refractivity contribution in [3.8, 4) is 11.5 Å². The van der Waals surface area contributed by atoms with Crippen molar-refractivity contribution in [2.24, 2.45) is 4.99 Å². The number of amidine groups is 2. The number of hydrogen-bond acceptors (Lipinski definition) is 5. The summed E-state index contributed by atoms with van der Waals surface area (Å²) in [6.07, 6.45) is 1.68. The highest BCUT2D eigenvalue weighted by atomic mass is 79.9. The molecule has 2 aliphatic heterocycles. The zero-order valence-electron chi connectivity index (χ0n) is 21.6. The maximum absolute atomic E-state index is 13.0. The van der Waals surface area contributed by atoms with Gasteiger partial charge in [0.05, 0.1) is 22.3 Å². The van der Waals surface area contributed by atoms with Gasteiger partial charge in [0, 0.05) is 5.41 Å². The van der Waals surface area contributed by atoms with Crippen LogP contribution in [0.4, 0.5) is 0 Å². The third-order valence-electron chi connectivity index (χ3n) is 6.58. The summed E-state index contributed by atoms with van der Waals surface area (Å²) >= 11 is 4.99. The first kappa shape index (κ1) is 26.1. The van der Waals surface area contributed by atoms with Crippen LogP contribution in [0, 0.1) is 5.41 Å². The van der Waals surface area contributed by atoms with Crippen molar-refractivity contribution < 1.29 is 14.3 Å². The minimum absolute atomic E-state index is 0.0838. The number of fused-ring (bicyclic) bond motifs is 2. The molecule has 0 fully saturated rings. The molecule has 1 N–H and O–H groups in total. The lowest BCUT2D eigenvalue weighted by Crippen LogP contribution is -2.38. The fraction of sp³-hybridized carbons (Fsp3) is 0.0938. The first-order valence-electron chi connectivity index (χ1n) is 12.8. The van der Waals surface area contributed by atoms with E-state index >= 15 is 0 Å². The molecule has 0 radical (unpaired) electrons. The van der Waals surface area contributed by atoms with Gasteiger partial charge in [-0.25, -0.2) is 0 Å². The van der Waals surface area contributed by atoms with Crippen LogP contribution in [-0.4, -0.2) is 28.4 Å². The highest BCUT2D eigenvalue weighted by Crippen LogP contribution is 2.40. The van der Waals surface area contributed by atoms with Crippen LogP contribution < -0.4 is 9.47 Å². The summed E-state index contributed by atoms with van der Waals surface area (Å²) < 4.78 is 12.9. The zero-order chi connectivity index (χ0) is 27.6. The van der Waals surface area contributed by atoms with Crippen LogP contribution in [0.25, 0.3) is 22.5 Å². The Balaban J connectivity index is 1.31. The summed E-state index contributed by atoms with van der Waals surface area (Å²) in [5.41, 5.74) is 3.73. The summed E-state index contributed by atoms with van der Waals surface area (Å²) in [6.45, 7) is 2.71. The van der Waals surface area contributed by atoms with Gasteiger partial charge in [0.1, 0.15) is 12.4 Å². The zero-order valence-corrected chi connectivity index (χ0v) is 24.0. The lowest BCUT2D eigenvalue weighted by atomic mass is 10.0. The van der Waals surface area contributed by atoms with E-state index in [-0.39, 0.29) is 11.4 Å². The van der Waals surface area contributed by atoms with E-state index in [1.807, 2.05) is 73.0 Å². The number of hydrogen-bond donors (Lipinski definition) is 1. The highest BCUT2D eigenvalue weighted by Gasteiger charge is 2.36. The molecule has 0 bridgehead atoms. The Morgan fingerprint density at radius 1 is 1.00 bits per heavy atom. The number of carbonyl (C=O) groups is 1. The van der Waals surface area contributed by atoms with Gasteiger partial charge in [-0.3, -0.25) is 15.1 Å². The lowest BCUT2D eigenvalue weighted by molar-refractivity contribution is -0.114. The van der Waals surface area contributed by atoms with Gasteiger partial charge < -0.3 is 9.47 Å². The van der Waals surface area contributed by atoms with E-state index in [0.29, 0.717) is 39.9 Å². The van der Waals surface area contributed by atoms with Gasteiger partial charge in [-0.2, -0.15) is 4.99 Å². The maximum Gasteiger partial charge on any atom is 0.283 e. The highest BCUT2D eigenvalue weighted by molar-refractivity contribution is 9.10. The van der Waals surface area contributed by atoms with E-state index in [2.05, 4.69) is 45.2 Å². The minimum Gasteiger partial charge on any atom is -0.490 e. The largest absolute Gasteiger partial charge is 0.490 e. The van der Waals surface area contributed by atoms with E-state index in [9.17, 15) is 4.79 Å². The summed E-state index contributed by atoms with van der Waals surface area (Å²) in [4.78, 5) is 19.0. The number of benzene rings is 4. The number of aliphatic imine (C=N–C) groups is 1. The number of nitrogens with one attached hydrogen (secondary N) is 1. The predicted molar refractivity (Wildman–Crippen MR) is 166 cm³/mol. The topological polar surface area (TPSA) is 75.0 Å². The number of rotatable bonds is 7. The van der Waals surface area contributed by atoms with E-state index in [4.69, 9.17) is 14.9 Å². The van der Waals surface area contributed by atoms with Crippen molar-refractivity contribution in [2.75, 3.05) is 6.61 Å². The molecule has 198 valence electrons. The molecule has 4 aromatic rings. The maximum atomic E-state index is 13.0. The first-order chi connectivity index (χ1) is 19.5. The predicted octanol–water partition coefficient (Wildman–Crippen LogP) is 7.88. The van der Waals surface area contributed by atoms with Gasteiger partial charge in [0.15, 0.2) is 16.7 Å². The average molecular weight is 611 g/mol. The second-order valence-corrected chi connectivity index (χ2v) is 10.8. The molecule has 8 heteroatoms. The van der Waals surface area contributed by atoms with Crippen LogP contribution in [0.2, 0.25) is 0 Å². The van der Waals surface area contributed by atoms with Crippen molar-refractivity contribution in [3.05, 3.63) is 117 Å². The number of amides is 1. The second kappa shape index (κ2) is 11.2. The molecule has 4 aromatic carbocycles. The van der Waals surface area contributed by atoms with E-state index in [0.717, 1.165) is 27.6 Å². The summed E-state index contributed by atoms with van der Waals surface area (Å²) in [7, 11) is 0. The van der Waals surface area contributed by atoms with E-state index in [1.54, 1.807) is 11.0 Å². The Hall–Kier alpha value is -4.14. The fourth-order valence-corrected chi connectivity index (χ4v) is 6.19. The molecule has 2 heterocycles. The first-order valence-corrected chi connectivity index (χ1v) is 14.4. The van der Waals surface area contributed by atoms with Crippen LogP contribution >= 0.6 is 27.7 Å². The van der Waals surface area contributed by atoms with Crippen LogP contribution in [0.1, 0.15) is 23.6 Å². The SMILES string of the molecule is CCOc1cc(C=C2C(=N)N3C(c4ccccc4)=CSC3=NC2=O)cc(Br)c1OCc1cccc2ccccc12. The van der Waals surface area contributed by atoms with Crippen molar-refractivity contribution in [1.29, 1.82) is 5.41 Å². The number of ether oxygens (including phenoxy) is 2. The second-order valence-electron chi connectivity index (χ2n) is 9.12. The molecule has 6 nitrogen and oxygen atoms in total. The van der Waals surface area contributed by atoms with Crippen LogP contribution in [-0.2, 0) is 11.4 Å². The normalized spacial score (nSPS) is 15.8. The average Bonchev–Trinajstić information content (AvgIpc) is 3.39. The van der Waals surface area contributed by atoms with Crippen molar-refractivity contribution >= 4 is 67.1 Å². The molecule has 2 aliphatic rings. The van der Waals surface area contributed by atoms with Crippen molar-refractivity contribution in [3.63, 3.8) is 0 Å². The number of halogens is 1. The summed E-state index contributed by atoms with van der Waals surface area (Å²) in [5.74, 6) is 0.759. The van der Waals surface area contributed by atoms with Gasteiger partial charge in [-0.15, -0.1) is 0 Å². The molecule has 0 saturated heterocycles. The quantitative estimate of drug-likeness (QED) is 0.216. The summed E-state index contributed by atoms with van der Waals surface area (Å²) in [5, 5.41) is 13.6. The van der Waals surface area contributed by atoms with Crippen molar-refractivity contribution in [1.82, 2.24) is 4.90 Å². The van der Waals surface area contributed by atoms with Gasteiger partial charge in [0.2, 0.25) is 0 Å². The smallest absolute Gasteiger partial charge is 0.283 e. The minimum atomic E-state index is -0.447. The molecule has 40 heavy (non-hydrogen) atoms. The molecule has 1 amide bonds. The third kappa shape index (κ3) is 4.96. The van der Waals surface area contributed by atoms with Crippen LogP contribution in [0.3, 0.4) is 0 Å². The molecular formula is C32H24BrN3O3S. The molecule has 0 aromatic heterocycles. The monoisotopic (exact) mass is 609 g/mol. The molecule has 0 unspecified atom stereocenters. The van der Waals surface area contributed by atoms with Crippen LogP contribution in [0.15, 0.2) is 105 Å². The molecule has 0 aliphatic carbocycles. The number of thioether (sulfide) groups is 1. The van der Waals surface area contributed by atoms with E-state index in [1.165, 1.54) is 11.8 Å². The molecule has 0 saturated carbocycles. The standard InChI is InChI=1S/C32H24BrN3O3S/c1-2-38-28-17-20(16-26(33)29(28)39-18-23-13-8-12-21-9-6-7-14-24(21)23)15-25-30(34)36-27(22-10-4-3-5-11-22)19-40-32(36)35-31(25)37/h3-17,19,34H,2,18H2,1H3. The van der Waals surface area contributed by atoms with Gasteiger partial charge in [-0.1, -0.05) is 84.6 Å². The lowest BCUT2D eigenvalue weighted by Gasteiger charge is -2.27. The molecule has 0 atom stereocenters. The summed E-state index contributed by atoms with van der Waals surface area (Å²) in [6, 6.07) is 27.9. The van der Waals surface area contributed by atoms with Crippen LogP contribution in [0.5, 0.6) is 11.5 Å².